The van der Waals surface area contributed by atoms with E-state index in [2.05, 4.69) is 10.9 Å². The van der Waals surface area contributed by atoms with Crippen molar-refractivity contribution in [1.29, 1.82) is 0 Å². The summed E-state index contributed by atoms with van der Waals surface area (Å²) in [5.74, 6) is -1.01. The zero-order valence-corrected chi connectivity index (χ0v) is 17.6. The summed E-state index contributed by atoms with van der Waals surface area (Å²) in [6.07, 6.45) is 0.0126. The highest BCUT2D eigenvalue weighted by molar-refractivity contribution is 7.18. The van der Waals surface area contributed by atoms with Gasteiger partial charge in [-0.1, -0.05) is 29.8 Å². The largest absolute Gasteiger partial charge is 0.318 e. The molecule has 6 nitrogen and oxygen atoms in total. The fourth-order valence-corrected chi connectivity index (χ4v) is 4.05. The number of Topliss-reactive ketones (excluding diaryl/α,β-unsaturated/α-hetero) is 1. The number of carbonyl (C=O) groups excluding carboxylic acids is 3. The minimum Gasteiger partial charge on any atom is -0.318 e. The lowest BCUT2D eigenvalue weighted by Crippen LogP contribution is -2.41. The molecule has 0 fully saturated rings. The predicted molar refractivity (Wildman–Crippen MR) is 114 cm³/mol. The minimum atomic E-state index is -0.439. The second kappa shape index (κ2) is 9.07. The Morgan fingerprint density at radius 3 is 2.38 bits per heavy atom. The van der Waals surface area contributed by atoms with Gasteiger partial charge in [0.15, 0.2) is 5.78 Å². The molecule has 0 unspecified atom stereocenters. The van der Waals surface area contributed by atoms with E-state index in [0.717, 1.165) is 17.1 Å². The minimum absolute atomic E-state index is 0.0301. The molecule has 8 heteroatoms. The molecule has 0 saturated carbocycles. The van der Waals surface area contributed by atoms with Crippen LogP contribution in [0.25, 0.3) is 5.69 Å². The summed E-state index contributed by atoms with van der Waals surface area (Å²) in [6, 6.07) is 14.8. The van der Waals surface area contributed by atoms with E-state index in [1.165, 1.54) is 11.3 Å². The van der Waals surface area contributed by atoms with E-state index in [0.29, 0.717) is 14.8 Å². The van der Waals surface area contributed by atoms with Crippen LogP contribution in [0.2, 0.25) is 4.34 Å². The van der Waals surface area contributed by atoms with Gasteiger partial charge in [0.05, 0.1) is 14.8 Å². The number of thiophene rings is 1. The van der Waals surface area contributed by atoms with E-state index in [4.69, 9.17) is 11.6 Å². The number of hydrogen-bond acceptors (Lipinski definition) is 4. The Morgan fingerprint density at radius 2 is 1.72 bits per heavy atom. The van der Waals surface area contributed by atoms with E-state index in [9.17, 15) is 14.4 Å². The summed E-state index contributed by atoms with van der Waals surface area (Å²) >= 11 is 6.99. The van der Waals surface area contributed by atoms with Crippen molar-refractivity contribution in [2.24, 2.45) is 0 Å². The zero-order valence-electron chi connectivity index (χ0n) is 16.0. The molecule has 3 rings (SSSR count). The van der Waals surface area contributed by atoms with E-state index in [1.807, 2.05) is 48.7 Å². The van der Waals surface area contributed by atoms with Crippen LogP contribution in [-0.4, -0.2) is 22.2 Å². The summed E-state index contributed by atoms with van der Waals surface area (Å²) < 4.78 is 2.50. The monoisotopic (exact) mass is 429 g/mol. The summed E-state index contributed by atoms with van der Waals surface area (Å²) in [4.78, 5) is 37.0. The van der Waals surface area contributed by atoms with Crippen LogP contribution in [0, 0.1) is 13.8 Å². The number of ketones is 1. The number of aryl methyl sites for hydroxylation is 1. The Hall–Kier alpha value is -2.90. The van der Waals surface area contributed by atoms with E-state index >= 15 is 0 Å². The van der Waals surface area contributed by atoms with Crippen molar-refractivity contribution in [3.8, 4) is 5.69 Å². The van der Waals surface area contributed by atoms with Crippen molar-refractivity contribution in [2.75, 3.05) is 0 Å². The smallest absolute Gasteiger partial charge is 0.271 e. The first kappa shape index (κ1) is 20.8. The molecule has 0 aliphatic heterocycles. The zero-order chi connectivity index (χ0) is 21.0. The lowest BCUT2D eigenvalue weighted by Gasteiger charge is -2.10. The summed E-state index contributed by atoms with van der Waals surface area (Å²) in [5.41, 5.74) is 7.88. The Kier molecular flexibility index (Phi) is 6.51. The first-order valence-corrected chi connectivity index (χ1v) is 10.2. The molecule has 2 amide bonds. The van der Waals surface area contributed by atoms with Crippen LogP contribution >= 0.6 is 22.9 Å². The molecule has 0 aliphatic rings. The Labute approximate surface area is 177 Å². The Morgan fingerprint density at radius 1 is 1.00 bits per heavy atom. The van der Waals surface area contributed by atoms with E-state index in [1.54, 1.807) is 18.2 Å². The number of nitrogens with zero attached hydrogens (tertiary/aromatic N) is 1. The molecule has 2 aromatic heterocycles. The number of amides is 2. The number of hydrazine groups is 1. The molecule has 3 aromatic rings. The van der Waals surface area contributed by atoms with Gasteiger partial charge in [-0.2, -0.15) is 0 Å². The molecule has 2 heterocycles. The van der Waals surface area contributed by atoms with Crippen LogP contribution in [0.1, 0.15) is 44.3 Å². The van der Waals surface area contributed by atoms with Crippen LogP contribution in [0.5, 0.6) is 0 Å². The summed E-state index contributed by atoms with van der Waals surface area (Å²) in [6.45, 7) is 3.76. The normalized spacial score (nSPS) is 10.6. The number of carbonyl (C=O) groups is 3. The topological polar surface area (TPSA) is 80.2 Å². The van der Waals surface area contributed by atoms with Crippen LogP contribution in [0.3, 0.4) is 0 Å². The fourth-order valence-electron chi connectivity index (χ4n) is 3.04. The van der Waals surface area contributed by atoms with Gasteiger partial charge in [-0.05, 0) is 44.2 Å². The third-order valence-electron chi connectivity index (χ3n) is 4.43. The van der Waals surface area contributed by atoms with Gasteiger partial charge < -0.3 is 4.57 Å². The lowest BCUT2D eigenvalue weighted by atomic mass is 10.2. The molecule has 2 N–H and O–H groups in total. The first-order valence-electron chi connectivity index (χ1n) is 8.99. The van der Waals surface area contributed by atoms with Gasteiger partial charge in [-0.25, -0.2) is 0 Å². The average Bonchev–Trinajstić information content (AvgIpc) is 3.27. The van der Waals surface area contributed by atoms with E-state index in [-0.39, 0.29) is 18.6 Å². The molecule has 0 bridgehead atoms. The molecule has 0 atom stereocenters. The number of hydrogen-bond donors (Lipinski definition) is 2. The van der Waals surface area contributed by atoms with Crippen LogP contribution in [0.15, 0.2) is 48.5 Å². The maximum atomic E-state index is 12.5. The molecule has 0 saturated heterocycles. The van der Waals surface area contributed by atoms with Crippen LogP contribution in [0.4, 0.5) is 0 Å². The predicted octanol–water partition coefficient (Wildman–Crippen LogP) is 4.23. The van der Waals surface area contributed by atoms with Crippen molar-refractivity contribution < 1.29 is 14.4 Å². The second-order valence-corrected chi connectivity index (χ2v) is 8.20. The number of aromatic nitrogens is 1. The Balaban J connectivity index is 1.57. The average molecular weight is 430 g/mol. The molecule has 29 heavy (non-hydrogen) atoms. The number of benzene rings is 1. The highest BCUT2D eigenvalue weighted by Crippen LogP contribution is 2.23. The molecule has 0 radical (unpaired) electrons. The lowest BCUT2D eigenvalue weighted by molar-refractivity contribution is -0.121. The first-order chi connectivity index (χ1) is 13.9. The van der Waals surface area contributed by atoms with Gasteiger partial charge in [-0.3, -0.25) is 25.2 Å². The van der Waals surface area contributed by atoms with Crippen LogP contribution in [-0.2, 0) is 4.79 Å². The van der Waals surface area contributed by atoms with Crippen molar-refractivity contribution in [2.45, 2.75) is 26.7 Å². The number of halogens is 1. The van der Waals surface area contributed by atoms with E-state index < -0.39 is 11.8 Å². The molecule has 0 aliphatic carbocycles. The van der Waals surface area contributed by atoms with Gasteiger partial charge >= 0.3 is 0 Å². The van der Waals surface area contributed by atoms with Crippen molar-refractivity contribution in [3.05, 3.63) is 74.7 Å². The number of nitrogens with one attached hydrogen (secondary N) is 2. The van der Waals surface area contributed by atoms with Gasteiger partial charge in [-0.15, -0.1) is 11.3 Å². The van der Waals surface area contributed by atoms with Gasteiger partial charge in [0, 0.05) is 29.9 Å². The SMILES string of the molecule is Cc1cc(C(=O)NNC(=O)CCC(=O)c2ccc(Cl)s2)c(C)n1-c1ccccc1. The molecule has 150 valence electrons. The molecule has 1 aromatic carbocycles. The van der Waals surface area contributed by atoms with Crippen molar-refractivity contribution in [3.63, 3.8) is 0 Å². The summed E-state index contributed by atoms with van der Waals surface area (Å²) in [7, 11) is 0. The number of para-hydroxylation sites is 1. The third-order valence-corrected chi connectivity index (χ3v) is 5.70. The Bertz CT molecular complexity index is 1060. The highest BCUT2D eigenvalue weighted by Gasteiger charge is 2.17. The number of rotatable bonds is 6. The maximum Gasteiger partial charge on any atom is 0.271 e. The van der Waals surface area contributed by atoms with Crippen molar-refractivity contribution >= 4 is 40.5 Å². The van der Waals surface area contributed by atoms with Gasteiger partial charge in [0.2, 0.25) is 5.91 Å². The highest BCUT2D eigenvalue weighted by atomic mass is 35.5. The van der Waals surface area contributed by atoms with Crippen LogP contribution < -0.4 is 10.9 Å². The maximum absolute atomic E-state index is 12.5. The fraction of sp³-hybridized carbons (Fsp3) is 0.190. The summed E-state index contributed by atoms with van der Waals surface area (Å²) in [5, 5.41) is 0. The molecular weight excluding hydrogens is 410 g/mol. The van der Waals surface area contributed by atoms with Gasteiger partial charge in [0.1, 0.15) is 0 Å². The quantitative estimate of drug-likeness (QED) is 0.454. The molecular formula is C21H20ClN3O3S. The van der Waals surface area contributed by atoms with Gasteiger partial charge in [0.25, 0.3) is 5.91 Å². The third kappa shape index (κ3) is 4.93. The standard InChI is InChI=1S/C21H20ClN3O3S/c1-13-12-16(14(2)25(13)15-6-4-3-5-7-15)21(28)24-23-20(27)11-8-17(26)18-9-10-19(22)29-18/h3-7,9-10,12H,8,11H2,1-2H3,(H,23,27)(H,24,28). The molecule has 0 spiro atoms. The van der Waals surface area contributed by atoms with Crippen molar-refractivity contribution in [1.82, 2.24) is 15.4 Å². The second-order valence-electron chi connectivity index (χ2n) is 6.48.